The lowest BCUT2D eigenvalue weighted by Gasteiger charge is -2.14. The van der Waals surface area contributed by atoms with Gasteiger partial charge in [0.15, 0.2) is 0 Å². The van der Waals surface area contributed by atoms with Gasteiger partial charge in [-0.15, -0.1) is 0 Å². The van der Waals surface area contributed by atoms with E-state index in [0.717, 1.165) is 36.5 Å². The van der Waals surface area contributed by atoms with Crippen LogP contribution in [0.4, 0.5) is 4.39 Å². The van der Waals surface area contributed by atoms with Crippen LogP contribution in [0.3, 0.4) is 0 Å². The summed E-state index contributed by atoms with van der Waals surface area (Å²) >= 11 is 6.35. The minimum Gasteiger partial charge on any atom is -0.320 e. The molecule has 1 aromatic heterocycles. The standard InChI is InChI=1S/C24H24ClFN2/c1-27-12-10-20-21-14-18(25)6-9-23(21)28(24(20)11-13-27)15-22(16-2-3-16)17-4-7-19(26)8-5-17/h4-9,14-16H,2-3,10-13H2,1H3/b22-15+. The Bertz CT molecular complexity index is 1060. The number of aromatic nitrogens is 1. The van der Waals surface area contributed by atoms with Crippen LogP contribution in [-0.2, 0) is 12.8 Å². The third-order valence-corrected chi connectivity index (χ3v) is 6.35. The van der Waals surface area contributed by atoms with Gasteiger partial charge in [0.2, 0.25) is 0 Å². The molecule has 2 nitrogen and oxygen atoms in total. The molecular formula is C24H24ClFN2. The van der Waals surface area contributed by atoms with Crippen molar-refractivity contribution in [3.63, 3.8) is 0 Å². The lowest BCUT2D eigenvalue weighted by Crippen LogP contribution is -2.21. The Hall–Kier alpha value is -2.10. The van der Waals surface area contributed by atoms with Gasteiger partial charge in [-0.3, -0.25) is 0 Å². The van der Waals surface area contributed by atoms with E-state index in [1.807, 2.05) is 18.2 Å². The van der Waals surface area contributed by atoms with Crippen LogP contribution in [0.2, 0.25) is 5.02 Å². The fourth-order valence-corrected chi connectivity index (χ4v) is 4.58. The van der Waals surface area contributed by atoms with Crippen molar-refractivity contribution in [2.24, 2.45) is 5.92 Å². The van der Waals surface area contributed by atoms with E-state index in [1.165, 1.54) is 40.6 Å². The van der Waals surface area contributed by atoms with Crippen molar-refractivity contribution in [3.05, 3.63) is 70.1 Å². The van der Waals surface area contributed by atoms with Gasteiger partial charge in [-0.05, 0) is 79.3 Å². The number of likely N-dealkylation sites (N-methyl/N-ethyl adjacent to an activating group) is 1. The average molecular weight is 395 g/mol. The summed E-state index contributed by atoms with van der Waals surface area (Å²) in [4.78, 5) is 2.40. The third kappa shape index (κ3) is 3.27. The van der Waals surface area contributed by atoms with Gasteiger partial charge in [0.1, 0.15) is 5.82 Å². The van der Waals surface area contributed by atoms with E-state index in [2.05, 4.69) is 34.8 Å². The quantitative estimate of drug-likeness (QED) is 0.539. The smallest absolute Gasteiger partial charge is 0.123 e. The SMILES string of the molecule is CN1CCc2c(n(/C=C(/c3ccc(F)cc3)C3CC3)c3ccc(Cl)cc23)CC1. The van der Waals surface area contributed by atoms with Crippen molar-refractivity contribution >= 4 is 34.3 Å². The van der Waals surface area contributed by atoms with Crippen LogP contribution < -0.4 is 0 Å². The first-order valence-corrected chi connectivity index (χ1v) is 10.5. The number of fused-ring (bicyclic) bond motifs is 3. The molecule has 0 amide bonds. The summed E-state index contributed by atoms with van der Waals surface area (Å²) in [6, 6.07) is 13.2. The summed E-state index contributed by atoms with van der Waals surface area (Å²) in [5, 5.41) is 2.05. The molecule has 1 aliphatic heterocycles. The Kier molecular flexibility index (Phi) is 4.53. The number of nitrogens with zero attached hydrogens (tertiary/aromatic N) is 2. The first-order chi connectivity index (χ1) is 13.6. The Morgan fingerprint density at radius 1 is 1.07 bits per heavy atom. The number of rotatable bonds is 3. The van der Waals surface area contributed by atoms with Crippen molar-refractivity contribution in [1.29, 1.82) is 0 Å². The molecule has 3 aromatic rings. The second-order valence-corrected chi connectivity index (χ2v) is 8.56. The van der Waals surface area contributed by atoms with Crippen LogP contribution in [0.15, 0.2) is 42.5 Å². The Labute approximate surface area is 170 Å². The molecule has 0 bridgehead atoms. The molecule has 0 unspecified atom stereocenters. The monoisotopic (exact) mass is 394 g/mol. The Balaban J connectivity index is 1.71. The Morgan fingerprint density at radius 3 is 2.57 bits per heavy atom. The molecule has 4 heteroatoms. The molecule has 28 heavy (non-hydrogen) atoms. The van der Waals surface area contributed by atoms with Gasteiger partial charge in [0.25, 0.3) is 0 Å². The highest BCUT2D eigenvalue weighted by Crippen LogP contribution is 2.43. The van der Waals surface area contributed by atoms with Crippen LogP contribution >= 0.6 is 11.6 Å². The van der Waals surface area contributed by atoms with E-state index in [-0.39, 0.29) is 5.82 Å². The van der Waals surface area contributed by atoms with Crippen molar-refractivity contribution in [3.8, 4) is 0 Å². The van der Waals surface area contributed by atoms with Gasteiger partial charge in [-0.1, -0.05) is 23.7 Å². The molecule has 0 saturated heterocycles. The lowest BCUT2D eigenvalue weighted by atomic mass is 10.0. The molecule has 2 heterocycles. The molecule has 0 radical (unpaired) electrons. The molecule has 2 aliphatic rings. The van der Waals surface area contributed by atoms with Crippen LogP contribution in [-0.4, -0.2) is 29.6 Å². The first-order valence-electron chi connectivity index (χ1n) is 10.1. The van der Waals surface area contributed by atoms with Gasteiger partial charge >= 0.3 is 0 Å². The summed E-state index contributed by atoms with van der Waals surface area (Å²) < 4.78 is 15.8. The van der Waals surface area contributed by atoms with E-state index in [0.29, 0.717) is 5.92 Å². The summed E-state index contributed by atoms with van der Waals surface area (Å²) in [5.41, 5.74) is 6.47. The molecule has 144 valence electrons. The first kappa shape index (κ1) is 18.0. The van der Waals surface area contributed by atoms with Gasteiger partial charge in [0, 0.05) is 41.8 Å². The molecule has 1 saturated carbocycles. The van der Waals surface area contributed by atoms with Gasteiger partial charge < -0.3 is 9.47 Å². The molecule has 2 aromatic carbocycles. The van der Waals surface area contributed by atoms with Crippen LogP contribution in [0.5, 0.6) is 0 Å². The summed E-state index contributed by atoms with van der Waals surface area (Å²) in [6.45, 7) is 2.12. The minimum atomic E-state index is -0.183. The van der Waals surface area contributed by atoms with Gasteiger partial charge in [-0.2, -0.15) is 0 Å². The molecule has 5 rings (SSSR count). The largest absolute Gasteiger partial charge is 0.320 e. The van der Waals surface area contributed by atoms with Gasteiger partial charge in [-0.25, -0.2) is 4.39 Å². The van der Waals surface area contributed by atoms with E-state index in [9.17, 15) is 4.39 Å². The van der Waals surface area contributed by atoms with E-state index >= 15 is 0 Å². The lowest BCUT2D eigenvalue weighted by molar-refractivity contribution is 0.351. The highest BCUT2D eigenvalue weighted by molar-refractivity contribution is 6.31. The maximum Gasteiger partial charge on any atom is 0.123 e. The fourth-order valence-electron chi connectivity index (χ4n) is 4.41. The maximum absolute atomic E-state index is 13.5. The normalized spacial score (nSPS) is 18.3. The second-order valence-electron chi connectivity index (χ2n) is 8.13. The predicted octanol–water partition coefficient (Wildman–Crippen LogP) is 5.87. The van der Waals surface area contributed by atoms with Crippen molar-refractivity contribution in [2.75, 3.05) is 20.1 Å². The fraction of sp³-hybridized carbons (Fsp3) is 0.333. The zero-order chi connectivity index (χ0) is 19.3. The van der Waals surface area contributed by atoms with E-state index in [1.54, 1.807) is 12.1 Å². The minimum absolute atomic E-state index is 0.183. The molecule has 0 N–H and O–H groups in total. The number of hydrogen-bond donors (Lipinski definition) is 0. The number of hydrogen-bond acceptors (Lipinski definition) is 1. The van der Waals surface area contributed by atoms with Crippen molar-refractivity contribution < 1.29 is 4.39 Å². The predicted molar refractivity (Wildman–Crippen MR) is 115 cm³/mol. The van der Waals surface area contributed by atoms with Crippen LogP contribution in [0, 0.1) is 11.7 Å². The highest BCUT2D eigenvalue weighted by Gasteiger charge is 2.28. The van der Waals surface area contributed by atoms with Crippen molar-refractivity contribution in [1.82, 2.24) is 9.47 Å². The van der Waals surface area contributed by atoms with E-state index < -0.39 is 0 Å². The number of benzene rings is 2. The van der Waals surface area contributed by atoms with Crippen LogP contribution in [0.1, 0.15) is 29.7 Å². The molecule has 0 spiro atoms. The van der Waals surface area contributed by atoms with Crippen LogP contribution in [0.25, 0.3) is 22.7 Å². The molecule has 1 fully saturated rings. The third-order valence-electron chi connectivity index (χ3n) is 6.12. The topological polar surface area (TPSA) is 8.17 Å². The molecule has 1 aliphatic carbocycles. The number of halogens is 2. The second kappa shape index (κ2) is 7.06. The highest BCUT2D eigenvalue weighted by atomic mass is 35.5. The summed E-state index contributed by atoms with van der Waals surface area (Å²) in [5.74, 6) is 0.385. The maximum atomic E-state index is 13.5. The number of allylic oxidation sites excluding steroid dienone is 1. The molecule has 0 atom stereocenters. The van der Waals surface area contributed by atoms with E-state index in [4.69, 9.17) is 11.6 Å². The zero-order valence-electron chi connectivity index (χ0n) is 16.1. The van der Waals surface area contributed by atoms with Gasteiger partial charge in [0.05, 0.1) is 5.52 Å². The Morgan fingerprint density at radius 2 is 1.82 bits per heavy atom. The summed E-state index contributed by atoms with van der Waals surface area (Å²) in [7, 11) is 2.19. The zero-order valence-corrected chi connectivity index (χ0v) is 16.8. The van der Waals surface area contributed by atoms with Crippen molar-refractivity contribution in [2.45, 2.75) is 25.7 Å². The molecular weight excluding hydrogens is 371 g/mol. The average Bonchev–Trinajstić information content (AvgIpc) is 3.50. The summed E-state index contributed by atoms with van der Waals surface area (Å²) in [6.07, 6.45) is 6.79.